The standard InChI is InChI=1S/C27H32FN3O6S/c1-16(29-26(35)30-18-10-8-9-17(13-18)14-22(32)36-5)23(33)31-21(25(34)37-27(2,3)4)15-38-24(31)19-11-6-7-12-20(19)28/h6-13,16,21,24H,14-15H2,1-5H3,(H2,29,30,35)/t16-,21+,24-/m1/s1. The van der Waals surface area contributed by atoms with E-state index in [-0.39, 0.29) is 17.7 Å². The number of nitrogens with one attached hydrogen (secondary N) is 2. The van der Waals surface area contributed by atoms with E-state index in [9.17, 15) is 23.6 Å². The van der Waals surface area contributed by atoms with Gasteiger partial charge in [0.2, 0.25) is 5.91 Å². The Morgan fingerprint density at radius 2 is 1.84 bits per heavy atom. The molecule has 3 rings (SSSR count). The van der Waals surface area contributed by atoms with Crippen molar-refractivity contribution in [2.45, 2.75) is 57.2 Å². The Bertz CT molecular complexity index is 1200. The van der Waals surface area contributed by atoms with Crippen LogP contribution in [0.4, 0.5) is 14.9 Å². The minimum absolute atomic E-state index is 0.0403. The summed E-state index contributed by atoms with van der Waals surface area (Å²) in [7, 11) is 1.29. The number of amides is 3. The third-order valence-corrected chi connectivity index (χ3v) is 6.89. The van der Waals surface area contributed by atoms with Crippen LogP contribution in [0.5, 0.6) is 0 Å². The summed E-state index contributed by atoms with van der Waals surface area (Å²) in [5.41, 5.74) is 0.534. The van der Waals surface area contributed by atoms with Crippen LogP contribution in [0.25, 0.3) is 0 Å². The lowest BCUT2D eigenvalue weighted by atomic mass is 10.1. The van der Waals surface area contributed by atoms with Crippen molar-refractivity contribution >= 4 is 41.3 Å². The van der Waals surface area contributed by atoms with Gasteiger partial charge in [-0.2, -0.15) is 0 Å². The van der Waals surface area contributed by atoms with Gasteiger partial charge < -0.3 is 25.0 Å². The molecule has 0 saturated carbocycles. The molecular weight excluding hydrogens is 513 g/mol. The van der Waals surface area contributed by atoms with Gasteiger partial charge in [-0.25, -0.2) is 14.0 Å². The maximum absolute atomic E-state index is 14.7. The van der Waals surface area contributed by atoms with Crippen LogP contribution >= 0.6 is 11.8 Å². The molecule has 2 aromatic carbocycles. The number of esters is 2. The van der Waals surface area contributed by atoms with E-state index in [0.29, 0.717) is 11.3 Å². The third kappa shape index (κ3) is 7.47. The highest BCUT2D eigenvalue weighted by Gasteiger charge is 2.46. The first-order chi connectivity index (χ1) is 17.9. The molecule has 0 aliphatic carbocycles. The van der Waals surface area contributed by atoms with Crippen LogP contribution in [-0.2, 0) is 30.3 Å². The van der Waals surface area contributed by atoms with Crippen molar-refractivity contribution in [1.29, 1.82) is 0 Å². The van der Waals surface area contributed by atoms with Crippen molar-refractivity contribution < 1.29 is 33.0 Å². The summed E-state index contributed by atoms with van der Waals surface area (Å²) in [6.45, 7) is 6.66. The summed E-state index contributed by atoms with van der Waals surface area (Å²) in [5.74, 6) is -1.87. The number of anilines is 1. The average Bonchev–Trinajstić information content (AvgIpc) is 3.28. The molecule has 1 saturated heterocycles. The van der Waals surface area contributed by atoms with E-state index in [1.54, 1.807) is 63.2 Å². The largest absolute Gasteiger partial charge is 0.469 e. The maximum Gasteiger partial charge on any atom is 0.330 e. The molecule has 0 spiro atoms. The summed E-state index contributed by atoms with van der Waals surface area (Å²) in [6, 6.07) is 10.0. The number of hydrogen-bond acceptors (Lipinski definition) is 7. The molecule has 204 valence electrons. The quantitative estimate of drug-likeness (QED) is 0.505. The van der Waals surface area contributed by atoms with E-state index in [0.717, 1.165) is 0 Å². The third-order valence-electron chi connectivity index (χ3n) is 5.58. The molecule has 9 nitrogen and oxygen atoms in total. The zero-order chi connectivity index (χ0) is 28.0. The Morgan fingerprint density at radius 3 is 2.50 bits per heavy atom. The summed E-state index contributed by atoms with van der Waals surface area (Å²) in [5, 5.41) is 4.45. The Kier molecular flexibility index (Phi) is 9.37. The van der Waals surface area contributed by atoms with E-state index in [2.05, 4.69) is 15.4 Å². The molecule has 2 N–H and O–H groups in total. The number of nitrogens with zero attached hydrogens (tertiary/aromatic N) is 1. The number of rotatable bonds is 7. The van der Waals surface area contributed by atoms with Gasteiger partial charge in [0.15, 0.2) is 0 Å². The van der Waals surface area contributed by atoms with Crippen LogP contribution in [-0.4, -0.2) is 59.3 Å². The van der Waals surface area contributed by atoms with Gasteiger partial charge in [-0.3, -0.25) is 9.59 Å². The molecule has 11 heteroatoms. The van der Waals surface area contributed by atoms with E-state index >= 15 is 0 Å². The predicted molar refractivity (Wildman–Crippen MR) is 142 cm³/mol. The first-order valence-electron chi connectivity index (χ1n) is 12.0. The van der Waals surface area contributed by atoms with Gasteiger partial charge in [-0.15, -0.1) is 11.8 Å². The van der Waals surface area contributed by atoms with Crippen LogP contribution in [0.2, 0.25) is 0 Å². The van der Waals surface area contributed by atoms with Gasteiger partial charge in [0.05, 0.1) is 13.5 Å². The Balaban J connectivity index is 1.77. The second kappa shape index (κ2) is 12.3. The number of benzene rings is 2. The van der Waals surface area contributed by atoms with Crippen molar-refractivity contribution in [3.63, 3.8) is 0 Å². The van der Waals surface area contributed by atoms with Crippen molar-refractivity contribution in [3.8, 4) is 0 Å². The van der Waals surface area contributed by atoms with E-state index in [1.807, 2.05) is 0 Å². The molecule has 0 unspecified atom stereocenters. The lowest BCUT2D eigenvalue weighted by molar-refractivity contribution is -0.164. The van der Waals surface area contributed by atoms with Crippen molar-refractivity contribution in [2.24, 2.45) is 0 Å². The van der Waals surface area contributed by atoms with Crippen LogP contribution in [0.3, 0.4) is 0 Å². The topological polar surface area (TPSA) is 114 Å². The lowest BCUT2D eigenvalue weighted by Crippen LogP contribution is -2.53. The van der Waals surface area contributed by atoms with Crippen molar-refractivity contribution in [1.82, 2.24) is 10.2 Å². The summed E-state index contributed by atoms with van der Waals surface area (Å²) >= 11 is 1.25. The average molecular weight is 546 g/mol. The van der Waals surface area contributed by atoms with Crippen molar-refractivity contribution in [3.05, 3.63) is 65.5 Å². The molecule has 1 aliphatic heterocycles. The normalized spacial score (nSPS) is 17.9. The Hall–Kier alpha value is -3.60. The summed E-state index contributed by atoms with van der Waals surface area (Å²) in [6.07, 6.45) is 0.0403. The summed E-state index contributed by atoms with van der Waals surface area (Å²) < 4.78 is 24.9. The van der Waals surface area contributed by atoms with Gasteiger partial charge in [0.1, 0.15) is 28.9 Å². The van der Waals surface area contributed by atoms with Gasteiger partial charge in [0.25, 0.3) is 0 Å². The molecular formula is C27H32FN3O6S. The number of thioether (sulfide) groups is 1. The van der Waals surface area contributed by atoms with Crippen LogP contribution in [0.1, 0.15) is 44.2 Å². The van der Waals surface area contributed by atoms with E-state index in [4.69, 9.17) is 4.74 Å². The fraction of sp³-hybridized carbons (Fsp3) is 0.407. The van der Waals surface area contributed by atoms with Gasteiger partial charge >= 0.3 is 18.0 Å². The minimum Gasteiger partial charge on any atom is -0.469 e. The smallest absolute Gasteiger partial charge is 0.330 e. The second-order valence-corrected chi connectivity index (χ2v) is 10.9. The van der Waals surface area contributed by atoms with E-state index in [1.165, 1.54) is 36.8 Å². The van der Waals surface area contributed by atoms with Gasteiger partial charge in [0, 0.05) is 17.0 Å². The molecule has 1 heterocycles. The minimum atomic E-state index is -1.05. The molecule has 0 radical (unpaired) electrons. The molecule has 38 heavy (non-hydrogen) atoms. The number of urea groups is 1. The number of hydrogen-bond donors (Lipinski definition) is 2. The second-order valence-electron chi connectivity index (χ2n) is 9.78. The first kappa shape index (κ1) is 29.0. The fourth-order valence-corrected chi connectivity index (χ4v) is 5.33. The Labute approximate surface area is 225 Å². The number of carbonyl (C=O) groups is 4. The predicted octanol–water partition coefficient (Wildman–Crippen LogP) is 4.04. The summed E-state index contributed by atoms with van der Waals surface area (Å²) in [4.78, 5) is 52.1. The zero-order valence-corrected chi connectivity index (χ0v) is 22.8. The Morgan fingerprint density at radius 1 is 1.13 bits per heavy atom. The fourth-order valence-electron chi connectivity index (χ4n) is 3.89. The van der Waals surface area contributed by atoms with Gasteiger partial charge in [-0.1, -0.05) is 30.3 Å². The van der Waals surface area contributed by atoms with E-state index < -0.39 is 52.8 Å². The molecule has 3 amide bonds. The van der Waals surface area contributed by atoms with Gasteiger partial charge in [-0.05, 0) is 51.5 Å². The molecule has 0 bridgehead atoms. The molecule has 1 aliphatic rings. The number of methoxy groups -OCH3 is 1. The lowest BCUT2D eigenvalue weighted by Gasteiger charge is -2.32. The maximum atomic E-state index is 14.7. The zero-order valence-electron chi connectivity index (χ0n) is 21.9. The number of ether oxygens (including phenoxy) is 2. The van der Waals surface area contributed by atoms with Crippen LogP contribution in [0.15, 0.2) is 48.5 Å². The first-order valence-corrected chi connectivity index (χ1v) is 13.1. The molecule has 2 aromatic rings. The highest BCUT2D eigenvalue weighted by atomic mass is 32.2. The number of carbonyl (C=O) groups excluding carboxylic acids is 4. The molecule has 0 aromatic heterocycles. The highest BCUT2D eigenvalue weighted by molar-refractivity contribution is 7.99. The number of halogens is 1. The monoisotopic (exact) mass is 545 g/mol. The SMILES string of the molecule is COC(=O)Cc1cccc(NC(=O)N[C@H](C)C(=O)N2[C@@H](c3ccccc3F)SC[C@H]2C(=O)OC(C)(C)C)c1. The van der Waals surface area contributed by atoms with Crippen molar-refractivity contribution in [2.75, 3.05) is 18.2 Å². The highest BCUT2D eigenvalue weighted by Crippen LogP contribution is 2.43. The molecule has 3 atom stereocenters. The van der Waals surface area contributed by atoms with Crippen LogP contribution in [0, 0.1) is 5.82 Å². The van der Waals surface area contributed by atoms with Crippen LogP contribution < -0.4 is 10.6 Å². The molecule has 1 fully saturated rings.